The van der Waals surface area contributed by atoms with Crippen LogP contribution in [0.25, 0.3) is 10.4 Å². The maximum Gasteiger partial charge on any atom is 0.330 e. The average Bonchev–Trinajstić information content (AvgIpc) is 2.89. The molecule has 1 aromatic rings. The lowest BCUT2D eigenvalue weighted by molar-refractivity contribution is -0.136. The van der Waals surface area contributed by atoms with E-state index in [-0.39, 0.29) is 31.4 Å². The Bertz CT molecular complexity index is 749. The number of aromatic nitrogens is 2. The van der Waals surface area contributed by atoms with E-state index in [1.165, 1.54) is 6.20 Å². The van der Waals surface area contributed by atoms with Gasteiger partial charge in [-0.05, 0) is 12.0 Å². The number of carbonyl (C=O) groups is 1. The highest BCUT2D eigenvalue weighted by Gasteiger charge is 2.35. The van der Waals surface area contributed by atoms with Crippen LogP contribution in [-0.2, 0) is 16.0 Å². The number of aliphatic hydroxyl groups excluding tert-OH is 1. The molecule has 0 saturated carbocycles. The fourth-order valence-corrected chi connectivity index (χ4v) is 2.40. The van der Waals surface area contributed by atoms with Crippen LogP contribution >= 0.6 is 0 Å². The van der Waals surface area contributed by atoms with Crippen molar-refractivity contribution in [3.05, 3.63) is 43.0 Å². The highest BCUT2D eigenvalue weighted by atomic mass is 16.5. The summed E-state index contributed by atoms with van der Waals surface area (Å²) in [7, 11) is 0. The number of ether oxygens (including phenoxy) is 1. The number of hydrogen-bond donors (Lipinski definition) is 3. The van der Waals surface area contributed by atoms with Crippen molar-refractivity contribution in [2.75, 3.05) is 6.61 Å². The first-order valence-electron chi connectivity index (χ1n) is 6.83. The molecule has 0 amide bonds. The van der Waals surface area contributed by atoms with Gasteiger partial charge in [-0.2, -0.15) is 0 Å². The zero-order chi connectivity index (χ0) is 17.0. The molecule has 0 spiro atoms. The minimum Gasteiger partial charge on any atom is -0.481 e. The molecule has 1 aliphatic rings. The predicted molar refractivity (Wildman–Crippen MR) is 75.8 cm³/mol. The van der Waals surface area contributed by atoms with Gasteiger partial charge in [0, 0.05) is 29.5 Å². The molecule has 2 rings (SSSR count). The molecular formula is C12H15N5O6. The van der Waals surface area contributed by atoms with E-state index in [1.54, 1.807) is 0 Å². The van der Waals surface area contributed by atoms with Crippen molar-refractivity contribution >= 4 is 5.97 Å². The van der Waals surface area contributed by atoms with Gasteiger partial charge in [-0.3, -0.25) is 19.1 Å². The molecule has 1 fully saturated rings. The minimum atomic E-state index is -1.07. The second-order valence-electron chi connectivity index (χ2n) is 5.03. The zero-order valence-corrected chi connectivity index (χ0v) is 12.0. The molecule has 3 atom stereocenters. The van der Waals surface area contributed by atoms with E-state index in [9.17, 15) is 19.5 Å². The number of carboxylic acids is 1. The molecule has 1 aliphatic heterocycles. The van der Waals surface area contributed by atoms with Crippen molar-refractivity contribution < 1.29 is 19.7 Å². The van der Waals surface area contributed by atoms with Crippen LogP contribution in [0.4, 0.5) is 0 Å². The summed E-state index contributed by atoms with van der Waals surface area (Å²) in [5.41, 5.74) is 7.25. The molecule has 23 heavy (non-hydrogen) atoms. The van der Waals surface area contributed by atoms with E-state index in [0.717, 1.165) is 4.57 Å². The molecule has 3 N–H and O–H groups in total. The van der Waals surface area contributed by atoms with Crippen LogP contribution < -0.4 is 11.2 Å². The summed E-state index contributed by atoms with van der Waals surface area (Å²) >= 11 is 0. The number of nitrogens with one attached hydrogen (secondary N) is 1. The SMILES string of the molecule is [N-]=[N+]=N[C@H]1C[C@H](n2cc(CCC(=O)O)c(=O)[nH]c2=O)O[C@@H]1CO. The maximum atomic E-state index is 11.9. The van der Waals surface area contributed by atoms with Crippen molar-refractivity contribution in [3.63, 3.8) is 0 Å². The first-order valence-corrected chi connectivity index (χ1v) is 6.83. The number of aromatic amines is 1. The molecule has 11 heteroatoms. The van der Waals surface area contributed by atoms with Gasteiger partial charge in [0.2, 0.25) is 0 Å². The molecule has 1 saturated heterocycles. The molecule has 11 nitrogen and oxygen atoms in total. The molecule has 0 aliphatic carbocycles. The van der Waals surface area contributed by atoms with Gasteiger partial charge in [-0.1, -0.05) is 5.11 Å². The third-order valence-electron chi connectivity index (χ3n) is 3.54. The largest absolute Gasteiger partial charge is 0.481 e. The molecular weight excluding hydrogens is 310 g/mol. The Hall–Kier alpha value is -2.62. The average molecular weight is 325 g/mol. The van der Waals surface area contributed by atoms with Gasteiger partial charge in [0.25, 0.3) is 5.56 Å². The summed E-state index contributed by atoms with van der Waals surface area (Å²) in [4.78, 5) is 39.0. The van der Waals surface area contributed by atoms with Crippen LogP contribution in [0.15, 0.2) is 20.9 Å². The second-order valence-corrected chi connectivity index (χ2v) is 5.03. The van der Waals surface area contributed by atoms with E-state index in [1.807, 2.05) is 0 Å². The highest BCUT2D eigenvalue weighted by molar-refractivity contribution is 5.67. The van der Waals surface area contributed by atoms with E-state index in [2.05, 4.69) is 15.0 Å². The summed E-state index contributed by atoms with van der Waals surface area (Å²) in [6.45, 7) is -0.385. The summed E-state index contributed by atoms with van der Waals surface area (Å²) in [6, 6.07) is -0.642. The molecule has 0 radical (unpaired) electrons. The summed E-state index contributed by atoms with van der Waals surface area (Å²) in [6.07, 6.45) is -0.483. The van der Waals surface area contributed by atoms with E-state index < -0.39 is 35.6 Å². The zero-order valence-electron chi connectivity index (χ0n) is 12.0. The Labute approximate surface area is 128 Å². The smallest absolute Gasteiger partial charge is 0.330 e. The number of azide groups is 1. The quantitative estimate of drug-likeness (QED) is 0.362. The van der Waals surface area contributed by atoms with Crippen LogP contribution in [0.5, 0.6) is 0 Å². The van der Waals surface area contributed by atoms with Crippen LogP contribution in [-0.4, -0.2) is 44.5 Å². The van der Waals surface area contributed by atoms with Crippen LogP contribution in [0, 0.1) is 0 Å². The second kappa shape index (κ2) is 7.09. The molecule has 0 bridgehead atoms. The van der Waals surface area contributed by atoms with Crippen molar-refractivity contribution in [1.82, 2.24) is 9.55 Å². The Morgan fingerprint density at radius 3 is 2.91 bits per heavy atom. The first kappa shape index (κ1) is 16.7. The number of aliphatic carboxylic acids is 1. The summed E-state index contributed by atoms with van der Waals surface area (Å²) < 4.78 is 6.58. The van der Waals surface area contributed by atoms with Crippen LogP contribution in [0.1, 0.15) is 24.6 Å². The summed E-state index contributed by atoms with van der Waals surface area (Å²) in [5.74, 6) is -1.07. The number of H-pyrrole nitrogens is 1. The number of hydrogen-bond acceptors (Lipinski definition) is 6. The van der Waals surface area contributed by atoms with Crippen molar-refractivity contribution in [2.45, 2.75) is 37.6 Å². The monoisotopic (exact) mass is 325 g/mol. The Morgan fingerprint density at radius 1 is 1.57 bits per heavy atom. The lowest BCUT2D eigenvalue weighted by Crippen LogP contribution is -2.34. The van der Waals surface area contributed by atoms with Gasteiger partial charge in [0.1, 0.15) is 6.23 Å². The number of aryl methyl sites for hydroxylation is 1. The molecule has 2 heterocycles. The van der Waals surface area contributed by atoms with Gasteiger partial charge in [0.05, 0.1) is 18.8 Å². The Kier molecular flexibility index (Phi) is 5.16. The van der Waals surface area contributed by atoms with Crippen LogP contribution in [0.3, 0.4) is 0 Å². The van der Waals surface area contributed by atoms with Gasteiger partial charge in [-0.15, -0.1) is 0 Å². The standard InChI is InChI=1S/C12H15N5O6/c13-16-15-7-3-9(23-8(7)5-18)17-4-6(1-2-10(19)20)11(21)14-12(17)22/h4,7-9,18H,1-3,5H2,(H,19,20)(H,14,21,22)/t7-,8+,9+/m0/s1. The lowest BCUT2D eigenvalue weighted by Gasteiger charge is -2.15. The van der Waals surface area contributed by atoms with Gasteiger partial charge in [-0.25, -0.2) is 4.79 Å². The number of carboxylic acid groups (broad SMARTS) is 1. The Balaban J connectivity index is 2.30. The third-order valence-corrected chi connectivity index (χ3v) is 3.54. The summed E-state index contributed by atoms with van der Waals surface area (Å²) in [5, 5.41) is 21.4. The fraction of sp³-hybridized carbons (Fsp3) is 0.583. The van der Waals surface area contributed by atoms with E-state index in [4.69, 9.17) is 15.4 Å². The normalized spacial score (nSPS) is 23.4. The molecule has 0 aromatic carbocycles. The first-order chi connectivity index (χ1) is 11.0. The fourth-order valence-electron chi connectivity index (χ4n) is 2.40. The van der Waals surface area contributed by atoms with Crippen LogP contribution in [0.2, 0.25) is 0 Å². The number of nitrogens with zero attached hydrogens (tertiary/aromatic N) is 4. The number of rotatable bonds is 6. The molecule has 124 valence electrons. The maximum absolute atomic E-state index is 11.9. The van der Waals surface area contributed by atoms with Crippen molar-refractivity contribution in [1.29, 1.82) is 0 Å². The molecule has 1 aromatic heterocycles. The van der Waals surface area contributed by atoms with Gasteiger partial charge < -0.3 is 14.9 Å². The third kappa shape index (κ3) is 3.77. The van der Waals surface area contributed by atoms with E-state index in [0.29, 0.717) is 0 Å². The van der Waals surface area contributed by atoms with Gasteiger partial charge >= 0.3 is 11.7 Å². The van der Waals surface area contributed by atoms with Crippen molar-refractivity contribution in [2.24, 2.45) is 5.11 Å². The topological polar surface area (TPSA) is 170 Å². The van der Waals surface area contributed by atoms with Gasteiger partial charge in [0.15, 0.2) is 0 Å². The highest BCUT2D eigenvalue weighted by Crippen LogP contribution is 2.29. The Morgan fingerprint density at radius 2 is 2.30 bits per heavy atom. The van der Waals surface area contributed by atoms with E-state index >= 15 is 0 Å². The lowest BCUT2D eigenvalue weighted by atomic mass is 10.1. The number of aliphatic hydroxyl groups is 1. The predicted octanol–water partition coefficient (Wildman–Crippen LogP) is -0.487. The van der Waals surface area contributed by atoms with Crippen molar-refractivity contribution in [3.8, 4) is 0 Å². The molecule has 0 unspecified atom stereocenters. The minimum absolute atomic E-state index is 0.0408.